The molecule has 1 heterocycles. The maximum Gasteiger partial charge on any atom is 0.410 e. The second-order valence-electron chi connectivity index (χ2n) is 5.07. The molecule has 1 aliphatic heterocycles. The van der Waals surface area contributed by atoms with Gasteiger partial charge in [0, 0.05) is 6.54 Å². The molecular weight excluding hydrogens is 208 g/mol. The van der Waals surface area contributed by atoms with Crippen molar-refractivity contribution >= 4 is 11.8 Å². The normalized spacial score (nSPS) is 22.4. The average molecular weight is 228 g/mol. The van der Waals surface area contributed by atoms with Crippen molar-refractivity contribution in [2.45, 2.75) is 52.2 Å². The molecule has 1 atom stereocenters. The Balaban J connectivity index is 2.69. The molecule has 92 valence electrons. The Morgan fingerprint density at radius 2 is 2.12 bits per heavy atom. The Hall–Kier alpha value is -1.26. The predicted octanol–water partition coefficient (Wildman–Crippen LogP) is 2.24. The van der Waals surface area contributed by atoms with Gasteiger partial charge in [0.15, 0.2) is 0 Å². The molecule has 5 nitrogen and oxygen atoms in total. The summed E-state index contributed by atoms with van der Waals surface area (Å²) in [6.07, 6.45) is 1.41. The lowest BCUT2D eigenvalue weighted by molar-refractivity contribution is 0.0264. The maximum absolute atomic E-state index is 11.9. The smallest absolute Gasteiger partial charge is 0.410 e. The van der Waals surface area contributed by atoms with Gasteiger partial charge < -0.3 is 9.94 Å². The molecule has 0 spiro atoms. The van der Waals surface area contributed by atoms with Gasteiger partial charge in [-0.3, -0.25) is 4.90 Å². The standard InChI is InChI=1S/C11H20N2O3/c1-8(12-15)9-6-5-7-13(9)10(14)16-11(2,3)4/h9,15H,5-7H2,1-4H3/b12-8-. The van der Waals surface area contributed by atoms with Crippen molar-refractivity contribution in [3.05, 3.63) is 0 Å². The minimum Gasteiger partial charge on any atom is -0.444 e. The molecule has 0 aromatic carbocycles. The van der Waals surface area contributed by atoms with Crippen molar-refractivity contribution in [3.63, 3.8) is 0 Å². The van der Waals surface area contributed by atoms with Crippen LogP contribution in [0, 0.1) is 0 Å². The van der Waals surface area contributed by atoms with Crippen molar-refractivity contribution < 1.29 is 14.7 Å². The summed E-state index contributed by atoms with van der Waals surface area (Å²) in [6, 6.07) is -0.125. The van der Waals surface area contributed by atoms with E-state index in [9.17, 15) is 4.79 Å². The Morgan fingerprint density at radius 1 is 1.50 bits per heavy atom. The number of ether oxygens (including phenoxy) is 1. The third kappa shape index (κ3) is 3.12. The lowest BCUT2D eigenvalue weighted by Gasteiger charge is -2.28. The minimum absolute atomic E-state index is 0.125. The number of rotatable bonds is 1. The zero-order valence-corrected chi connectivity index (χ0v) is 10.4. The van der Waals surface area contributed by atoms with E-state index in [4.69, 9.17) is 9.94 Å². The largest absolute Gasteiger partial charge is 0.444 e. The van der Waals surface area contributed by atoms with Crippen LogP contribution in [0.3, 0.4) is 0 Å². The molecule has 1 fully saturated rings. The molecule has 0 aromatic rings. The SMILES string of the molecule is C/C(=N/O)C1CCCN1C(=O)OC(C)(C)C. The van der Waals surface area contributed by atoms with E-state index < -0.39 is 5.60 Å². The highest BCUT2D eigenvalue weighted by Crippen LogP contribution is 2.21. The van der Waals surface area contributed by atoms with E-state index in [0.717, 1.165) is 12.8 Å². The Labute approximate surface area is 96.1 Å². The van der Waals surface area contributed by atoms with Gasteiger partial charge >= 0.3 is 6.09 Å². The third-order valence-electron chi connectivity index (χ3n) is 2.52. The zero-order chi connectivity index (χ0) is 12.3. The van der Waals surface area contributed by atoms with Crippen LogP contribution in [0.1, 0.15) is 40.5 Å². The van der Waals surface area contributed by atoms with Crippen LogP contribution in [0.15, 0.2) is 5.16 Å². The number of oxime groups is 1. The number of hydrogen-bond acceptors (Lipinski definition) is 4. The summed E-state index contributed by atoms with van der Waals surface area (Å²) in [5.74, 6) is 0. The zero-order valence-electron chi connectivity index (χ0n) is 10.4. The van der Waals surface area contributed by atoms with Crippen molar-refractivity contribution in [1.82, 2.24) is 4.90 Å². The fourth-order valence-corrected chi connectivity index (χ4v) is 1.81. The molecule has 0 aliphatic carbocycles. The topological polar surface area (TPSA) is 62.1 Å². The van der Waals surface area contributed by atoms with Crippen molar-refractivity contribution in [2.75, 3.05) is 6.54 Å². The maximum atomic E-state index is 11.9. The highest BCUT2D eigenvalue weighted by atomic mass is 16.6. The monoisotopic (exact) mass is 228 g/mol. The molecule has 1 aliphatic rings. The van der Waals surface area contributed by atoms with E-state index in [2.05, 4.69) is 5.16 Å². The second-order valence-corrected chi connectivity index (χ2v) is 5.07. The van der Waals surface area contributed by atoms with Gasteiger partial charge in [0.2, 0.25) is 0 Å². The van der Waals surface area contributed by atoms with Gasteiger partial charge in [-0.15, -0.1) is 0 Å². The minimum atomic E-state index is -0.492. The molecule has 0 radical (unpaired) electrons. The van der Waals surface area contributed by atoms with Gasteiger partial charge in [-0.05, 0) is 40.5 Å². The lowest BCUT2D eigenvalue weighted by atomic mass is 10.1. The van der Waals surface area contributed by atoms with Gasteiger partial charge in [-0.1, -0.05) is 5.16 Å². The summed E-state index contributed by atoms with van der Waals surface area (Å²) >= 11 is 0. The van der Waals surface area contributed by atoms with Crippen molar-refractivity contribution in [3.8, 4) is 0 Å². The molecule has 0 saturated carbocycles. The summed E-state index contributed by atoms with van der Waals surface area (Å²) in [7, 11) is 0. The second kappa shape index (κ2) is 4.72. The Kier molecular flexibility index (Phi) is 3.78. The van der Waals surface area contributed by atoms with E-state index in [-0.39, 0.29) is 12.1 Å². The quantitative estimate of drug-likeness (QED) is 0.425. The van der Waals surface area contributed by atoms with Crippen LogP contribution in [0.2, 0.25) is 0 Å². The molecule has 1 unspecified atom stereocenters. The van der Waals surface area contributed by atoms with Crippen LogP contribution in [-0.2, 0) is 4.74 Å². The Morgan fingerprint density at radius 3 is 2.62 bits per heavy atom. The summed E-state index contributed by atoms with van der Waals surface area (Å²) in [6.45, 7) is 7.88. The number of carbonyl (C=O) groups is 1. The molecule has 1 rings (SSSR count). The van der Waals surface area contributed by atoms with E-state index in [1.807, 2.05) is 20.8 Å². The lowest BCUT2D eigenvalue weighted by Crippen LogP contribution is -2.42. The molecule has 0 aromatic heterocycles. The molecule has 5 heteroatoms. The van der Waals surface area contributed by atoms with Crippen molar-refractivity contribution in [1.29, 1.82) is 0 Å². The highest BCUT2D eigenvalue weighted by molar-refractivity contribution is 5.90. The number of likely N-dealkylation sites (tertiary alicyclic amines) is 1. The van der Waals surface area contributed by atoms with Crippen LogP contribution in [0.5, 0.6) is 0 Å². The summed E-state index contributed by atoms with van der Waals surface area (Å²) in [4.78, 5) is 13.5. The van der Waals surface area contributed by atoms with Gasteiger partial charge in [0.05, 0.1) is 11.8 Å². The van der Waals surface area contributed by atoms with Crippen LogP contribution in [0.25, 0.3) is 0 Å². The molecule has 0 bridgehead atoms. The first kappa shape index (κ1) is 12.8. The van der Waals surface area contributed by atoms with Gasteiger partial charge in [0.1, 0.15) is 5.60 Å². The Bertz CT molecular complexity index is 294. The van der Waals surface area contributed by atoms with E-state index >= 15 is 0 Å². The summed E-state index contributed by atoms with van der Waals surface area (Å²) < 4.78 is 5.30. The first-order valence-electron chi connectivity index (χ1n) is 5.53. The predicted molar refractivity (Wildman–Crippen MR) is 60.9 cm³/mol. The number of hydrogen-bond donors (Lipinski definition) is 1. The van der Waals surface area contributed by atoms with E-state index in [0.29, 0.717) is 12.3 Å². The number of carbonyl (C=O) groups excluding carboxylic acids is 1. The van der Waals surface area contributed by atoms with E-state index in [1.165, 1.54) is 0 Å². The number of nitrogens with zero attached hydrogens (tertiary/aromatic N) is 2. The van der Waals surface area contributed by atoms with E-state index in [1.54, 1.807) is 11.8 Å². The van der Waals surface area contributed by atoms with Crippen LogP contribution >= 0.6 is 0 Å². The molecule has 16 heavy (non-hydrogen) atoms. The average Bonchev–Trinajstić information content (AvgIpc) is 2.62. The van der Waals surface area contributed by atoms with Gasteiger partial charge in [-0.25, -0.2) is 4.79 Å². The fraction of sp³-hybridized carbons (Fsp3) is 0.818. The molecule has 1 N–H and O–H groups in total. The van der Waals surface area contributed by atoms with Gasteiger partial charge in [-0.2, -0.15) is 0 Å². The van der Waals surface area contributed by atoms with Crippen LogP contribution in [0.4, 0.5) is 4.79 Å². The summed E-state index contributed by atoms with van der Waals surface area (Å²) in [5, 5.41) is 11.9. The first-order valence-corrected chi connectivity index (χ1v) is 5.53. The van der Waals surface area contributed by atoms with Crippen molar-refractivity contribution in [2.24, 2.45) is 5.16 Å². The molecule has 1 amide bonds. The van der Waals surface area contributed by atoms with Crippen LogP contribution in [-0.4, -0.2) is 40.1 Å². The third-order valence-corrected chi connectivity index (χ3v) is 2.52. The van der Waals surface area contributed by atoms with Crippen LogP contribution < -0.4 is 0 Å². The molecular formula is C11H20N2O3. The molecule has 1 saturated heterocycles. The first-order chi connectivity index (χ1) is 7.35. The summed E-state index contributed by atoms with van der Waals surface area (Å²) in [5.41, 5.74) is 0.0671. The fourth-order valence-electron chi connectivity index (χ4n) is 1.81. The number of amides is 1. The highest BCUT2D eigenvalue weighted by Gasteiger charge is 2.33. The van der Waals surface area contributed by atoms with Gasteiger partial charge in [0.25, 0.3) is 0 Å².